The molecule has 0 saturated heterocycles. The molecular weight excluding hydrogens is 418 g/mol. The van der Waals surface area contributed by atoms with Gasteiger partial charge >= 0.3 is 0 Å². The highest BCUT2D eigenvalue weighted by Crippen LogP contribution is 2.22. The van der Waals surface area contributed by atoms with Crippen molar-refractivity contribution in [2.24, 2.45) is 0 Å². The first kappa shape index (κ1) is 24.2. The molecule has 0 heterocycles. The third kappa shape index (κ3) is 6.99. The molecule has 2 aromatic rings. The minimum absolute atomic E-state index is 0.247. The number of nitrogens with zero attached hydrogens (tertiary/aromatic N) is 1. The number of ether oxygens (including phenoxy) is 1. The lowest BCUT2D eigenvalue weighted by Crippen LogP contribution is -2.32. The number of rotatable bonds is 10. The molecule has 2 N–H and O–H groups in total. The number of anilines is 2. The quantitative estimate of drug-likeness (QED) is 0.545. The molecule has 2 rings (SSSR count). The Morgan fingerprint density at radius 1 is 1.10 bits per heavy atom. The molecule has 168 valence electrons. The van der Waals surface area contributed by atoms with Crippen molar-refractivity contribution >= 4 is 33.2 Å². The van der Waals surface area contributed by atoms with Crippen LogP contribution in [-0.2, 0) is 14.8 Å². The molecule has 0 fully saturated rings. The van der Waals surface area contributed by atoms with Crippen LogP contribution in [0.5, 0.6) is 5.75 Å². The Labute approximate surface area is 183 Å². The summed E-state index contributed by atoms with van der Waals surface area (Å²) in [5, 5.41) is 5.58. The number of hydrogen-bond acceptors (Lipinski definition) is 5. The van der Waals surface area contributed by atoms with E-state index in [-0.39, 0.29) is 5.91 Å². The molecule has 8 nitrogen and oxygen atoms in total. The minimum Gasteiger partial charge on any atom is -0.481 e. The maximum atomic E-state index is 12.6. The van der Waals surface area contributed by atoms with Crippen molar-refractivity contribution in [1.29, 1.82) is 0 Å². The van der Waals surface area contributed by atoms with Gasteiger partial charge in [0, 0.05) is 13.6 Å². The van der Waals surface area contributed by atoms with E-state index in [1.165, 1.54) is 7.05 Å². The van der Waals surface area contributed by atoms with Gasteiger partial charge in [0.2, 0.25) is 10.0 Å². The lowest BCUT2D eigenvalue weighted by atomic mass is 10.1. The maximum absolute atomic E-state index is 12.6. The average Bonchev–Trinajstić information content (AvgIpc) is 2.73. The third-order valence-electron chi connectivity index (χ3n) is 4.63. The summed E-state index contributed by atoms with van der Waals surface area (Å²) < 4.78 is 30.1. The molecule has 31 heavy (non-hydrogen) atoms. The van der Waals surface area contributed by atoms with Gasteiger partial charge in [0.15, 0.2) is 6.10 Å². The van der Waals surface area contributed by atoms with Crippen LogP contribution in [0.15, 0.2) is 48.5 Å². The van der Waals surface area contributed by atoms with Gasteiger partial charge in [-0.15, -0.1) is 0 Å². The van der Waals surface area contributed by atoms with Crippen LogP contribution in [0.3, 0.4) is 0 Å². The highest BCUT2D eigenvalue weighted by Gasteiger charge is 2.19. The van der Waals surface area contributed by atoms with Gasteiger partial charge in [-0.3, -0.25) is 13.9 Å². The Morgan fingerprint density at radius 3 is 2.35 bits per heavy atom. The molecule has 0 bridgehead atoms. The molecule has 0 aliphatic heterocycles. The zero-order valence-corrected chi connectivity index (χ0v) is 19.0. The summed E-state index contributed by atoms with van der Waals surface area (Å²) in [5.74, 6) is -0.242. The van der Waals surface area contributed by atoms with E-state index in [1.54, 1.807) is 55.5 Å². The highest BCUT2D eigenvalue weighted by atomic mass is 32.2. The zero-order valence-electron chi connectivity index (χ0n) is 18.2. The van der Waals surface area contributed by atoms with Crippen molar-refractivity contribution in [3.8, 4) is 5.75 Å². The number of para-hydroxylation sites is 1. The van der Waals surface area contributed by atoms with Crippen LogP contribution < -0.4 is 19.7 Å². The Morgan fingerprint density at radius 2 is 1.74 bits per heavy atom. The van der Waals surface area contributed by atoms with Crippen molar-refractivity contribution in [3.63, 3.8) is 0 Å². The summed E-state index contributed by atoms with van der Waals surface area (Å²) in [6.45, 7) is 4.21. The van der Waals surface area contributed by atoms with E-state index in [0.29, 0.717) is 29.2 Å². The van der Waals surface area contributed by atoms with Crippen LogP contribution in [0.4, 0.5) is 11.4 Å². The van der Waals surface area contributed by atoms with Gasteiger partial charge in [0.25, 0.3) is 11.8 Å². The SMILES string of the molecule is CCCCNC(=O)c1ccccc1NC(=O)C(C)Oc1ccc(N(C)S(C)(=O)=O)cc1. The van der Waals surface area contributed by atoms with Gasteiger partial charge in [0.05, 0.1) is 23.2 Å². The molecule has 1 atom stereocenters. The van der Waals surface area contributed by atoms with Gasteiger partial charge < -0.3 is 15.4 Å². The van der Waals surface area contributed by atoms with Gasteiger partial charge in [-0.2, -0.15) is 0 Å². The van der Waals surface area contributed by atoms with Crippen LogP contribution in [0.1, 0.15) is 37.0 Å². The van der Waals surface area contributed by atoms with Gasteiger partial charge in [-0.1, -0.05) is 25.5 Å². The Hall–Kier alpha value is -3.07. The smallest absolute Gasteiger partial charge is 0.265 e. The second-order valence-electron chi connectivity index (χ2n) is 7.13. The number of carbonyl (C=O) groups excluding carboxylic acids is 2. The molecule has 1 unspecified atom stereocenters. The Bertz CT molecular complexity index is 1010. The van der Waals surface area contributed by atoms with Crippen molar-refractivity contribution in [3.05, 3.63) is 54.1 Å². The molecule has 0 aliphatic rings. The normalized spacial score (nSPS) is 12.0. The standard InChI is InChI=1S/C22H29N3O5S/c1-5-6-15-23-22(27)19-9-7-8-10-20(19)24-21(26)16(2)30-18-13-11-17(12-14-18)25(3)31(4,28)29/h7-14,16H,5-6,15H2,1-4H3,(H,23,27)(H,24,26). The average molecular weight is 448 g/mol. The number of nitrogens with one attached hydrogen (secondary N) is 2. The molecule has 0 aliphatic carbocycles. The van der Waals surface area contributed by atoms with Crippen molar-refractivity contribution in [1.82, 2.24) is 5.32 Å². The van der Waals surface area contributed by atoms with Crippen molar-refractivity contribution in [2.75, 3.05) is 29.5 Å². The number of hydrogen-bond donors (Lipinski definition) is 2. The lowest BCUT2D eigenvalue weighted by molar-refractivity contribution is -0.122. The van der Waals surface area contributed by atoms with Gasteiger partial charge in [0.1, 0.15) is 5.75 Å². The molecule has 0 spiro atoms. The largest absolute Gasteiger partial charge is 0.481 e. The van der Waals surface area contributed by atoms with Crippen LogP contribution >= 0.6 is 0 Å². The minimum atomic E-state index is -3.36. The fraction of sp³-hybridized carbons (Fsp3) is 0.364. The van der Waals surface area contributed by atoms with Crippen LogP contribution in [0, 0.1) is 0 Å². The topological polar surface area (TPSA) is 105 Å². The van der Waals surface area contributed by atoms with Gasteiger partial charge in [-0.25, -0.2) is 8.42 Å². The van der Waals surface area contributed by atoms with Crippen LogP contribution in [0.25, 0.3) is 0 Å². The summed E-state index contributed by atoms with van der Waals surface area (Å²) in [7, 11) is -1.91. The van der Waals surface area contributed by atoms with Crippen LogP contribution in [0.2, 0.25) is 0 Å². The first-order chi connectivity index (χ1) is 14.6. The van der Waals surface area contributed by atoms with E-state index in [9.17, 15) is 18.0 Å². The third-order valence-corrected chi connectivity index (χ3v) is 5.83. The Kier molecular flexibility index (Phi) is 8.44. The van der Waals surface area contributed by atoms with E-state index in [1.807, 2.05) is 6.92 Å². The predicted molar refractivity (Wildman–Crippen MR) is 122 cm³/mol. The second-order valence-corrected chi connectivity index (χ2v) is 9.14. The van der Waals surface area contributed by atoms with Crippen molar-refractivity contribution in [2.45, 2.75) is 32.8 Å². The predicted octanol–water partition coefficient (Wildman–Crippen LogP) is 3.02. The zero-order chi connectivity index (χ0) is 23.0. The Balaban J connectivity index is 2.03. The van der Waals surface area contributed by atoms with E-state index in [0.717, 1.165) is 23.4 Å². The van der Waals surface area contributed by atoms with E-state index in [4.69, 9.17) is 4.74 Å². The summed E-state index contributed by atoms with van der Waals surface area (Å²) >= 11 is 0. The highest BCUT2D eigenvalue weighted by molar-refractivity contribution is 7.92. The number of unbranched alkanes of at least 4 members (excludes halogenated alkanes) is 1. The van der Waals surface area contributed by atoms with Crippen molar-refractivity contribution < 1.29 is 22.7 Å². The van der Waals surface area contributed by atoms with E-state index < -0.39 is 22.0 Å². The molecule has 2 aromatic carbocycles. The summed E-state index contributed by atoms with van der Waals surface area (Å²) in [4.78, 5) is 25.0. The molecule has 0 radical (unpaired) electrons. The molecule has 9 heteroatoms. The maximum Gasteiger partial charge on any atom is 0.265 e. The monoisotopic (exact) mass is 447 g/mol. The fourth-order valence-corrected chi connectivity index (χ4v) is 3.19. The molecular formula is C22H29N3O5S. The summed E-state index contributed by atoms with van der Waals surface area (Å²) in [6, 6.07) is 13.2. The number of benzene rings is 2. The number of sulfonamides is 1. The summed E-state index contributed by atoms with van der Waals surface area (Å²) in [6.07, 6.45) is 2.13. The van der Waals surface area contributed by atoms with Gasteiger partial charge in [-0.05, 0) is 49.7 Å². The number of carbonyl (C=O) groups is 2. The molecule has 0 saturated carbocycles. The van der Waals surface area contributed by atoms with Crippen LogP contribution in [-0.4, -0.2) is 46.2 Å². The summed E-state index contributed by atoms with van der Waals surface area (Å²) in [5.41, 5.74) is 1.27. The molecule has 2 amide bonds. The first-order valence-electron chi connectivity index (χ1n) is 10.0. The van der Waals surface area contributed by atoms with E-state index >= 15 is 0 Å². The first-order valence-corrected chi connectivity index (χ1v) is 11.9. The second kappa shape index (κ2) is 10.8. The lowest BCUT2D eigenvalue weighted by Gasteiger charge is -2.19. The fourth-order valence-electron chi connectivity index (χ4n) is 2.68. The van der Waals surface area contributed by atoms with E-state index in [2.05, 4.69) is 10.6 Å². The molecule has 0 aromatic heterocycles. The number of amides is 2.